The van der Waals surface area contributed by atoms with E-state index in [0.717, 1.165) is 5.56 Å². The number of benzene rings is 2. The van der Waals surface area contributed by atoms with Crippen LogP contribution >= 0.6 is 0 Å². The van der Waals surface area contributed by atoms with Crippen LogP contribution in [0.2, 0.25) is 0 Å². The Morgan fingerprint density at radius 2 is 1.83 bits per heavy atom. The van der Waals surface area contributed by atoms with Crippen molar-refractivity contribution < 1.29 is 14.1 Å². The number of carbonyl (C=O) groups is 1. The Hall–Kier alpha value is -4.18. The van der Waals surface area contributed by atoms with Gasteiger partial charge < -0.3 is 9.73 Å². The normalized spacial score (nSPS) is 11.2. The SMILES string of the molecule is CC(C)c1ccc(NC(=O)C(C#N)=Cc2ccc(-c3ccccc3[N+](=O)[O-])o2)cc1. The lowest BCUT2D eigenvalue weighted by Crippen LogP contribution is -2.13. The van der Waals surface area contributed by atoms with Gasteiger partial charge in [-0.05, 0) is 41.8 Å². The number of nitrogens with one attached hydrogen (secondary N) is 1. The topological polar surface area (TPSA) is 109 Å². The van der Waals surface area contributed by atoms with Crippen molar-refractivity contribution in [3.8, 4) is 17.4 Å². The van der Waals surface area contributed by atoms with E-state index in [0.29, 0.717) is 17.2 Å². The standard InChI is InChI=1S/C23H19N3O4/c1-15(2)16-7-9-18(10-8-16)25-23(27)17(14-24)13-19-11-12-22(30-19)20-5-3-4-6-21(20)26(28)29/h3-13,15H,1-2H3,(H,25,27). The molecule has 0 aliphatic heterocycles. The van der Waals surface area contributed by atoms with Gasteiger partial charge in [0.2, 0.25) is 0 Å². The smallest absolute Gasteiger partial charge is 0.280 e. The van der Waals surface area contributed by atoms with Crippen LogP contribution in [0.15, 0.2) is 70.7 Å². The molecule has 0 aliphatic carbocycles. The van der Waals surface area contributed by atoms with Crippen molar-refractivity contribution in [3.05, 3.63) is 87.7 Å². The van der Waals surface area contributed by atoms with E-state index in [-0.39, 0.29) is 22.8 Å². The molecule has 0 saturated heterocycles. The summed E-state index contributed by atoms with van der Waals surface area (Å²) in [5, 5.41) is 23.3. The maximum Gasteiger partial charge on any atom is 0.280 e. The average Bonchev–Trinajstić information content (AvgIpc) is 3.20. The number of nitrogens with zero attached hydrogens (tertiary/aromatic N) is 2. The Labute approximate surface area is 173 Å². The lowest BCUT2D eigenvalue weighted by molar-refractivity contribution is -0.384. The van der Waals surface area contributed by atoms with Gasteiger partial charge in [0.25, 0.3) is 11.6 Å². The number of hydrogen-bond donors (Lipinski definition) is 1. The van der Waals surface area contributed by atoms with Crippen LogP contribution in [0, 0.1) is 21.4 Å². The van der Waals surface area contributed by atoms with E-state index in [1.165, 1.54) is 12.1 Å². The van der Waals surface area contributed by atoms with Gasteiger partial charge in [0, 0.05) is 17.8 Å². The predicted molar refractivity (Wildman–Crippen MR) is 114 cm³/mol. The number of nitro benzene ring substituents is 1. The molecule has 0 saturated carbocycles. The minimum Gasteiger partial charge on any atom is -0.456 e. The fourth-order valence-electron chi connectivity index (χ4n) is 2.86. The second kappa shape index (κ2) is 8.88. The first-order chi connectivity index (χ1) is 14.4. The number of nitriles is 1. The summed E-state index contributed by atoms with van der Waals surface area (Å²) in [5.41, 5.74) is 1.79. The van der Waals surface area contributed by atoms with E-state index in [4.69, 9.17) is 4.42 Å². The predicted octanol–water partition coefficient (Wildman–Crippen LogP) is 5.52. The molecule has 0 spiro atoms. The summed E-state index contributed by atoms with van der Waals surface area (Å²) in [7, 11) is 0. The Balaban J connectivity index is 1.81. The average molecular weight is 401 g/mol. The molecule has 1 N–H and O–H groups in total. The Morgan fingerprint density at radius 3 is 2.47 bits per heavy atom. The highest BCUT2D eigenvalue weighted by Gasteiger charge is 2.17. The summed E-state index contributed by atoms with van der Waals surface area (Å²) in [6, 6.07) is 18.6. The number of amides is 1. The summed E-state index contributed by atoms with van der Waals surface area (Å²) in [4.78, 5) is 23.2. The fraction of sp³-hybridized carbons (Fsp3) is 0.130. The zero-order valence-corrected chi connectivity index (χ0v) is 16.5. The lowest BCUT2D eigenvalue weighted by atomic mass is 10.0. The van der Waals surface area contributed by atoms with E-state index in [1.807, 2.05) is 18.2 Å². The summed E-state index contributed by atoms with van der Waals surface area (Å²) in [6.07, 6.45) is 1.30. The number of hydrogen-bond acceptors (Lipinski definition) is 5. The molecule has 3 rings (SSSR count). The summed E-state index contributed by atoms with van der Waals surface area (Å²) in [6.45, 7) is 4.15. The zero-order chi connectivity index (χ0) is 21.7. The van der Waals surface area contributed by atoms with E-state index < -0.39 is 10.8 Å². The number of para-hydroxylation sites is 1. The summed E-state index contributed by atoms with van der Waals surface area (Å²) < 4.78 is 5.62. The third-order valence-corrected chi connectivity index (χ3v) is 4.48. The van der Waals surface area contributed by atoms with Gasteiger partial charge in [-0.2, -0.15) is 5.26 Å². The van der Waals surface area contributed by atoms with Crippen LogP contribution in [0.5, 0.6) is 0 Å². The van der Waals surface area contributed by atoms with Gasteiger partial charge in [-0.1, -0.05) is 38.1 Å². The van der Waals surface area contributed by atoms with Crippen LogP contribution in [0.1, 0.15) is 31.1 Å². The Morgan fingerprint density at radius 1 is 1.13 bits per heavy atom. The first-order valence-electron chi connectivity index (χ1n) is 9.25. The maximum atomic E-state index is 12.5. The highest BCUT2D eigenvalue weighted by Crippen LogP contribution is 2.31. The fourth-order valence-corrected chi connectivity index (χ4v) is 2.86. The van der Waals surface area contributed by atoms with Gasteiger partial charge in [-0.3, -0.25) is 14.9 Å². The van der Waals surface area contributed by atoms with Crippen molar-refractivity contribution >= 4 is 23.4 Å². The minimum absolute atomic E-state index is 0.0922. The molecule has 2 aromatic carbocycles. The second-order valence-electron chi connectivity index (χ2n) is 6.88. The van der Waals surface area contributed by atoms with Crippen LogP contribution in [0.25, 0.3) is 17.4 Å². The van der Waals surface area contributed by atoms with Crippen molar-refractivity contribution in [2.75, 3.05) is 5.32 Å². The van der Waals surface area contributed by atoms with Gasteiger partial charge in [0.1, 0.15) is 23.2 Å². The molecular weight excluding hydrogens is 382 g/mol. The zero-order valence-electron chi connectivity index (χ0n) is 16.5. The molecule has 0 atom stereocenters. The molecule has 0 bridgehead atoms. The number of furan rings is 1. The van der Waals surface area contributed by atoms with Crippen molar-refractivity contribution in [2.45, 2.75) is 19.8 Å². The number of carbonyl (C=O) groups excluding carboxylic acids is 1. The highest BCUT2D eigenvalue weighted by atomic mass is 16.6. The number of rotatable bonds is 6. The maximum absolute atomic E-state index is 12.5. The van der Waals surface area contributed by atoms with Crippen LogP contribution in [0.3, 0.4) is 0 Å². The van der Waals surface area contributed by atoms with Crippen molar-refractivity contribution in [3.63, 3.8) is 0 Å². The molecular formula is C23H19N3O4. The largest absolute Gasteiger partial charge is 0.456 e. The molecule has 0 fully saturated rings. The Kier molecular flexibility index (Phi) is 6.08. The number of nitro groups is 1. The molecule has 1 heterocycles. The summed E-state index contributed by atoms with van der Waals surface area (Å²) >= 11 is 0. The highest BCUT2D eigenvalue weighted by molar-refractivity contribution is 6.09. The molecule has 0 unspecified atom stereocenters. The molecule has 0 radical (unpaired) electrons. The molecule has 1 aromatic heterocycles. The second-order valence-corrected chi connectivity index (χ2v) is 6.88. The van der Waals surface area contributed by atoms with E-state index in [2.05, 4.69) is 19.2 Å². The molecule has 0 aliphatic rings. The van der Waals surface area contributed by atoms with E-state index in [1.54, 1.807) is 42.5 Å². The van der Waals surface area contributed by atoms with Crippen LogP contribution < -0.4 is 5.32 Å². The molecule has 3 aromatic rings. The van der Waals surface area contributed by atoms with Crippen molar-refractivity contribution in [1.29, 1.82) is 5.26 Å². The number of anilines is 1. The third-order valence-electron chi connectivity index (χ3n) is 4.48. The van der Waals surface area contributed by atoms with Crippen molar-refractivity contribution in [2.24, 2.45) is 0 Å². The van der Waals surface area contributed by atoms with Gasteiger partial charge >= 0.3 is 0 Å². The van der Waals surface area contributed by atoms with Gasteiger partial charge in [0.05, 0.1) is 10.5 Å². The van der Waals surface area contributed by atoms with Crippen LogP contribution in [-0.2, 0) is 4.79 Å². The first kappa shape index (κ1) is 20.6. The van der Waals surface area contributed by atoms with E-state index >= 15 is 0 Å². The van der Waals surface area contributed by atoms with Gasteiger partial charge in [-0.25, -0.2) is 0 Å². The lowest BCUT2D eigenvalue weighted by Gasteiger charge is -2.08. The summed E-state index contributed by atoms with van der Waals surface area (Å²) in [5.74, 6) is 0.317. The molecule has 150 valence electrons. The monoisotopic (exact) mass is 401 g/mol. The molecule has 7 heteroatoms. The van der Waals surface area contributed by atoms with E-state index in [9.17, 15) is 20.2 Å². The third kappa shape index (κ3) is 4.62. The van der Waals surface area contributed by atoms with Crippen molar-refractivity contribution in [1.82, 2.24) is 0 Å². The minimum atomic E-state index is -0.571. The van der Waals surface area contributed by atoms with Gasteiger partial charge in [0.15, 0.2) is 0 Å². The molecule has 7 nitrogen and oxygen atoms in total. The van der Waals surface area contributed by atoms with Gasteiger partial charge in [-0.15, -0.1) is 0 Å². The molecule has 1 amide bonds. The first-order valence-corrected chi connectivity index (χ1v) is 9.25. The Bertz CT molecular complexity index is 1150. The molecule has 30 heavy (non-hydrogen) atoms. The van der Waals surface area contributed by atoms with Crippen LogP contribution in [0.4, 0.5) is 11.4 Å². The quantitative estimate of drug-likeness (QED) is 0.253. The van der Waals surface area contributed by atoms with Crippen LogP contribution in [-0.4, -0.2) is 10.8 Å².